The van der Waals surface area contributed by atoms with Crippen molar-refractivity contribution in [2.24, 2.45) is 0 Å². The number of fused-ring (bicyclic) bond motifs is 1. The fourth-order valence-corrected chi connectivity index (χ4v) is 3.42. The van der Waals surface area contributed by atoms with Crippen LogP contribution >= 0.6 is 0 Å². The third kappa shape index (κ3) is 5.37. The first-order valence-corrected chi connectivity index (χ1v) is 10.2. The molecule has 0 saturated carbocycles. The zero-order valence-electron chi connectivity index (χ0n) is 17.5. The number of hydrogen-bond acceptors (Lipinski definition) is 5. The van der Waals surface area contributed by atoms with E-state index in [0.717, 1.165) is 5.56 Å². The molecule has 8 heteroatoms. The highest BCUT2D eigenvalue weighted by Crippen LogP contribution is 2.15. The SMILES string of the molecule is O=C(/C=C/c1cccc([N+](=O)[O-])c1)N(Cc1ccccc1)Cc1nc2ccccc2c(=O)[nH]1. The van der Waals surface area contributed by atoms with E-state index >= 15 is 0 Å². The maximum atomic E-state index is 13.1. The highest BCUT2D eigenvalue weighted by atomic mass is 16.6. The summed E-state index contributed by atoms with van der Waals surface area (Å²) >= 11 is 0. The number of nitrogens with zero attached hydrogens (tertiary/aromatic N) is 3. The van der Waals surface area contributed by atoms with Gasteiger partial charge in [0.2, 0.25) is 5.91 Å². The molecular weight excluding hydrogens is 420 g/mol. The van der Waals surface area contributed by atoms with Crippen molar-refractivity contribution >= 4 is 28.6 Å². The number of aromatic nitrogens is 2. The Morgan fingerprint density at radius 1 is 1.00 bits per heavy atom. The average molecular weight is 440 g/mol. The smallest absolute Gasteiger partial charge is 0.270 e. The van der Waals surface area contributed by atoms with Crippen LogP contribution in [0.15, 0.2) is 89.7 Å². The molecule has 164 valence electrons. The maximum absolute atomic E-state index is 13.1. The number of nitro groups is 1. The largest absolute Gasteiger partial charge is 0.327 e. The topological polar surface area (TPSA) is 109 Å². The molecule has 33 heavy (non-hydrogen) atoms. The van der Waals surface area contributed by atoms with Crippen LogP contribution in [0.3, 0.4) is 0 Å². The van der Waals surface area contributed by atoms with Crippen LogP contribution in [-0.4, -0.2) is 25.7 Å². The molecule has 1 N–H and O–H groups in total. The zero-order chi connectivity index (χ0) is 23.2. The van der Waals surface area contributed by atoms with Gasteiger partial charge in [0.25, 0.3) is 11.2 Å². The molecule has 4 aromatic rings. The molecule has 0 aliphatic heterocycles. The number of para-hydroxylation sites is 1. The lowest BCUT2D eigenvalue weighted by Crippen LogP contribution is -2.30. The number of hydrogen-bond donors (Lipinski definition) is 1. The van der Waals surface area contributed by atoms with Crippen molar-refractivity contribution in [3.63, 3.8) is 0 Å². The van der Waals surface area contributed by atoms with Gasteiger partial charge in [0.05, 0.1) is 22.4 Å². The Morgan fingerprint density at radius 3 is 2.55 bits per heavy atom. The molecular formula is C25H20N4O4. The van der Waals surface area contributed by atoms with Crippen LogP contribution in [0.2, 0.25) is 0 Å². The van der Waals surface area contributed by atoms with Crippen LogP contribution in [0.1, 0.15) is 17.0 Å². The minimum absolute atomic E-state index is 0.0521. The first-order chi connectivity index (χ1) is 16.0. The van der Waals surface area contributed by atoms with Crippen molar-refractivity contribution < 1.29 is 9.72 Å². The summed E-state index contributed by atoms with van der Waals surface area (Å²) in [5, 5.41) is 11.5. The number of benzene rings is 3. The van der Waals surface area contributed by atoms with Gasteiger partial charge in [-0.25, -0.2) is 4.98 Å². The highest BCUT2D eigenvalue weighted by Gasteiger charge is 2.15. The van der Waals surface area contributed by atoms with Crippen LogP contribution in [0.4, 0.5) is 5.69 Å². The monoisotopic (exact) mass is 440 g/mol. The van der Waals surface area contributed by atoms with E-state index in [-0.39, 0.29) is 23.7 Å². The van der Waals surface area contributed by atoms with Gasteiger partial charge < -0.3 is 9.88 Å². The minimum atomic E-state index is -0.484. The van der Waals surface area contributed by atoms with Crippen molar-refractivity contribution in [2.75, 3.05) is 0 Å². The number of nitro benzene ring substituents is 1. The Bertz CT molecular complexity index is 1400. The molecule has 4 rings (SSSR count). The molecule has 3 aromatic carbocycles. The summed E-state index contributed by atoms with van der Waals surface area (Å²) in [5.74, 6) is 0.0490. The Balaban J connectivity index is 1.62. The summed E-state index contributed by atoms with van der Waals surface area (Å²) in [6.45, 7) is 0.391. The molecule has 0 aliphatic rings. The first-order valence-electron chi connectivity index (χ1n) is 10.2. The van der Waals surface area contributed by atoms with Crippen molar-refractivity contribution in [3.8, 4) is 0 Å². The van der Waals surface area contributed by atoms with E-state index in [0.29, 0.717) is 28.8 Å². The highest BCUT2D eigenvalue weighted by molar-refractivity contribution is 5.91. The minimum Gasteiger partial charge on any atom is -0.327 e. The van der Waals surface area contributed by atoms with Crippen molar-refractivity contribution in [3.05, 3.63) is 122 Å². The number of non-ortho nitro benzene ring substituents is 1. The molecule has 1 aromatic heterocycles. The molecule has 8 nitrogen and oxygen atoms in total. The van der Waals surface area contributed by atoms with Crippen molar-refractivity contribution in [1.82, 2.24) is 14.9 Å². The van der Waals surface area contributed by atoms with E-state index in [9.17, 15) is 19.7 Å². The van der Waals surface area contributed by atoms with Gasteiger partial charge in [-0.2, -0.15) is 0 Å². The third-order valence-electron chi connectivity index (χ3n) is 5.03. The van der Waals surface area contributed by atoms with Crippen LogP contribution in [0.25, 0.3) is 17.0 Å². The molecule has 0 saturated heterocycles. The number of carbonyl (C=O) groups excluding carboxylic acids is 1. The van der Waals surface area contributed by atoms with E-state index in [1.54, 1.807) is 41.3 Å². The molecule has 0 atom stereocenters. The molecule has 1 heterocycles. The van der Waals surface area contributed by atoms with Crippen LogP contribution in [-0.2, 0) is 17.9 Å². The Morgan fingerprint density at radius 2 is 1.76 bits per heavy atom. The van der Waals surface area contributed by atoms with Gasteiger partial charge in [0.15, 0.2) is 0 Å². The molecule has 0 bridgehead atoms. The van der Waals surface area contributed by atoms with E-state index in [1.165, 1.54) is 24.3 Å². The summed E-state index contributed by atoms with van der Waals surface area (Å²) in [6, 6.07) is 22.5. The molecule has 1 amide bonds. The Kier molecular flexibility index (Phi) is 6.36. The van der Waals surface area contributed by atoms with E-state index in [4.69, 9.17) is 0 Å². The lowest BCUT2D eigenvalue weighted by Gasteiger charge is -2.21. The second-order valence-electron chi connectivity index (χ2n) is 7.40. The lowest BCUT2D eigenvalue weighted by molar-refractivity contribution is -0.384. The third-order valence-corrected chi connectivity index (χ3v) is 5.03. The fraction of sp³-hybridized carbons (Fsp3) is 0.0800. The maximum Gasteiger partial charge on any atom is 0.270 e. The number of amides is 1. The molecule has 0 radical (unpaired) electrons. The van der Waals surface area contributed by atoms with Crippen molar-refractivity contribution in [1.29, 1.82) is 0 Å². The predicted octanol–water partition coefficient (Wildman–Crippen LogP) is 4.07. The molecule has 0 spiro atoms. The van der Waals surface area contributed by atoms with Gasteiger partial charge in [-0.05, 0) is 29.3 Å². The van der Waals surface area contributed by atoms with Crippen LogP contribution in [0, 0.1) is 10.1 Å². The van der Waals surface area contributed by atoms with E-state index in [1.807, 2.05) is 30.3 Å². The van der Waals surface area contributed by atoms with Gasteiger partial charge in [-0.3, -0.25) is 19.7 Å². The summed E-state index contributed by atoms with van der Waals surface area (Å²) in [5.41, 5.74) is 1.68. The number of nitrogens with one attached hydrogen (secondary N) is 1. The Labute approximate surface area is 189 Å². The number of aromatic amines is 1. The number of rotatable bonds is 7. The summed E-state index contributed by atoms with van der Waals surface area (Å²) in [7, 11) is 0. The van der Waals surface area contributed by atoms with Gasteiger partial charge in [-0.15, -0.1) is 0 Å². The van der Waals surface area contributed by atoms with Gasteiger partial charge >= 0.3 is 0 Å². The van der Waals surface area contributed by atoms with Crippen LogP contribution < -0.4 is 5.56 Å². The first kappa shape index (κ1) is 21.6. The predicted molar refractivity (Wildman–Crippen MR) is 125 cm³/mol. The van der Waals surface area contributed by atoms with E-state index < -0.39 is 4.92 Å². The summed E-state index contributed by atoms with van der Waals surface area (Å²) < 4.78 is 0. The second kappa shape index (κ2) is 9.69. The average Bonchev–Trinajstić information content (AvgIpc) is 2.83. The van der Waals surface area contributed by atoms with Gasteiger partial charge in [0.1, 0.15) is 5.82 Å². The number of H-pyrrole nitrogens is 1. The molecule has 0 fully saturated rings. The number of carbonyl (C=O) groups is 1. The van der Waals surface area contributed by atoms with Gasteiger partial charge in [0, 0.05) is 24.8 Å². The fourth-order valence-electron chi connectivity index (χ4n) is 3.42. The normalized spacial score (nSPS) is 11.0. The molecule has 0 aliphatic carbocycles. The Hall–Kier alpha value is -4.59. The lowest BCUT2D eigenvalue weighted by atomic mass is 10.1. The van der Waals surface area contributed by atoms with Crippen molar-refractivity contribution in [2.45, 2.75) is 13.1 Å². The molecule has 0 unspecified atom stereocenters. The van der Waals surface area contributed by atoms with Gasteiger partial charge in [-0.1, -0.05) is 54.6 Å². The zero-order valence-corrected chi connectivity index (χ0v) is 17.5. The quantitative estimate of drug-likeness (QED) is 0.265. The van der Waals surface area contributed by atoms with E-state index in [2.05, 4.69) is 9.97 Å². The standard InChI is InChI=1S/C25H20N4O4/c30-24(14-13-18-9-6-10-20(15-18)29(32)33)28(16-19-7-2-1-3-8-19)17-23-26-22-12-5-4-11-21(22)25(31)27-23/h1-15H,16-17H2,(H,26,27,31)/b14-13+. The second-order valence-corrected chi connectivity index (χ2v) is 7.40. The van der Waals surface area contributed by atoms with Crippen LogP contribution in [0.5, 0.6) is 0 Å². The summed E-state index contributed by atoms with van der Waals surface area (Å²) in [4.78, 5) is 44.8. The summed E-state index contributed by atoms with van der Waals surface area (Å²) in [6.07, 6.45) is 2.89.